The van der Waals surface area contributed by atoms with Crippen LogP contribution in [0.4, 0.5) is 11.6 Å². The molecule has 0 aliphatic carbocycles. The highest BCUT2D eigenvalue weighted by Crippen LogP contribution is 2.25. The van der Waals surface area contributed by atoms with Gasteiger partial charge in [0.15, 0.2) is 5.65 Å². The number of rotatable bonds is 8. The maximum Gasteiger partial charge on any atom is 0.258 e. The zero-order valence-corrected chi connectivity index (χ0v) is 19.1. The molecule has 1 aromatic carbocycles. The second-order valence-corrected chi connectivity index (χ2v) is 8.28. The summed E-state index contributed by atoms with van der Waals surface area (Å²) in [6, 6.07) is 8.79. The van der Waals surface area contributed by atoms with Crippen molar-refractivity contribution in [2.24, 2.45) is 0 Å². The fourth-order valence-electron chi connectivity index (χ4n) is 4.35. The monoisotopic (exact) mass is 450 g/mol. The number of nitrogens with one attached hydrogen (secondary N) is 1. The molecule has 1 saturated heterocycles. The molecule has 1 aliphatic heterocycles. The molecule has 2 aromatic heterocycles. The maximum atomic E-state index is 13.1. The quantitative estimate of drug-likeness (QED) is 0.402. The second-order valence-electron chi connectivity index (χ2n) is 8.28. The molecule has 1 fully saturated rings. The molecule has 2 amide bonds. The third-order valence-electron chi connectivity index (χ3n) is 6.05. The van der Waals surface area contributed by atoms with E-state index in [0.29, 0.717) is 47.1 Å². The second kappa shape index (κ2) is 9.99. The molecule has 3 N–H and O–H groups in total. The Kier molecular flexibility index (Phi) is 6.88. The molecule has 0 saturated carbocycles. The van der Waals surface area contributed by atoms with Crippen molar-refractivity contribution < 1.29 is 14.3 Å². The van der Waals surface area contributed by atoms with Crippen molar-refractivity contribution in [2.75, 3.05) is 31.3 Å². The van der Waals surface area contributed by atoms with Gasteiger partial charge in [-0.25, -0.2) is 9.97 Å². The number of aryl methyl sites for hydroxylation is 1. The van der Waals surface area contributed by atoms with Gasteiger partial charge in [0.05, 0.1) is 5.56 Å². The summed E-state index contributed by atoms with van der Waals surface area (Å²) in [6.45, 7) is 3.99. The smallest absolute Gasteiger partial charge is 0.258 e. The van der Waals surface area contributed by atoms with Crippen LogP contribution in [0.25, 0.3) is 11.2 Å². The molecule has 0 radical (unpaired) electrons. The maximum absolute atomic E-state index is 13.1. The van der Waals surface area contributed by atoms with Gasteiger partial charge in [-0.1, -0.05) is 13.0 Å². The first-order valence-electron chi connectivity index (χ1n) is 11.3. The summed E-state index contributed by atoms with van der Waals surface area (Å²) >= 11 is 0. The third-order valence-corrected chi connectivity index (χ3v) is 6.05. The minimum atomic E-state index is -0.315. The number of nitrogens with zero attached hydrogens (tertiary/aromatic N) is 4. The van der Waals surface area contributed by atoms with Gasteiger partial charge >= 0.3 is 0 Å². The Morgan fingerprint density at radius 3 is 2.88 bits per heavy atom. The number of aromatic nitrogens is 3. The highest BCUT2D eigenvalue weighted by molar-refractivity contribution is 6.04. The number of hydrogen-bond donors (Lipinski definition) is 2. The van der Waals surface area contributed by atoms with E-state index in [4.69, 9.17) is 10.5 Å². The van der Waals surface area contributed by atoms with Crippen LogP contribution in [0.1, 0.15) is 53.3 Å². The summed E-state index contributed by atoms with van der Waals surface area (Å²) in [6.07, 6.45) is 5.32. The van der Waals surface area contributed by atoms with E-state index in [-0.39, 0.29) is 17.9 Å². The largest absolute Gasteiger partial charge is 0.399 e. The molecule has 0 spiro atoms. The summed E-state index contributed by atoms with van der Waals surface area (Å²) in [5.74, 6) is 0.0380. The predicted octanol–water partition coefficient (Wildman–Crippen LogP) is 3.32. The first kappa shape index (κ1) is 22.7. The lowest BCUT2D eigenvalue weighted by atomic mass is 10.1. The minimum Gasteiger partial charge on any atom is -0.399 e. The molecule has 9 nitrogen and oxygen atoms in total. The summed E-state index contributed by atoms with van der Waals surface area (Å²) in [4.78, 5) is 37.0. The number of hydrogen-bond acceptors (Lipinski definition) is 6. The average molecular weight is 451 g/mol. The van der Waals surface area contributed by atoms with Gasteiger partial charge in [-0.2, -0.15) is 0 Å². The van der Waals surface area contributed by atoms with Crippen molar-refractivity contribution in [1.29, 1.82) is 0 Å². The van der Waals surface area contributed by atoms with E-state index in [1.165, 1.54) is 0 Å². The van der Waals surface area contributed by atoms with Crippen LogP contribution in [0.15, 0.2) is 36.5 Å². The molecule has 174 valence electrons. The van der Waals surface area contributed by atoms with Crippen molar-refractivity contribution in [1.82, 2.24) is 19.4 Å². The van der Waals surface area contributed by atoms with Crippen LogP contribution in [0.3, 0.4) is 0 Å². The zero-order valence-electron chi connectivity index (χ0n) is 19.1. The summed E-state index contributed by atoms with van der Waals surface area (Å²) in [5.41, 5.74) is 8.45. The molecule has 9 heteroatoms. The van der Waals surface area contributed by atoms with Crippen molar-refractivity contribution >= 4 is 34.6 Å². The van der Waals surface area contributed by atoms with Crippen LogP contribution in [0.2, 0.25) is 0 Å². The van der Waals surface area contributed by atoms with Gasteiger partial charge in [0, 0.05) is 50.3 Å². The molecule has 0 unspecified atom stereocenters. The number of amides is 2. The molecule has 1 atom stereocenters. The Morgan fingerprint density at radius 1 is 1.27 bits per heavy atom. The molecular weight excluding hydrogens is 420 g/mol. The minimum absolute atomic E-state index is 0.0203. The Labute approximate surface area is 192 Å². The SMILES string of the molecule is CC[C@@H]1CCCN1C(=O)c1cnc2c(c1)nc(NC(=O)c1cccc(N)c1)n2CCCOC. The van der Waals surface area contributed by atoms with Crippen molar-refractivity contribution in [2.45, 2.75) is 45.2 Å². The van der Waals surface area contributed by atoms with Gasteiger partial charge in [0.2, 0.25) is 5.95 Å². The molecule has 1 aliphatic rings. The number of likely N-dealkylation sites (tertiary alicyclic amines) is 1. The van der Waals surface area contributed by atoms with Crippen molar-refractivity contribution in [3.8, 4) is 0 Å². The van der Waals surface area contributed by atoms with E-state index >= 15 is 0 Å². The van der Waals surface area contributed by atoms with Gasteiger partial charge < -0.3 is 15.4 Å². The van der Waals surface area contributed by atoms with Crippen LogP contribution < -0.4 is 11.1 Å². The number of carbonyl (C=O) groups excluding carboxylic acids is 2. The average Bonchev–Trinajstić information content (AvgIpc) is 3.43. The molecule has 33 heavy (non-hydrogen) atoms. The lowest BCUT2D eigenvalue weighted by molar-refractivity contribution is 0.0733. The van der Waals surface area contributed by atoms with Gasteiger partial charge in [-0.15, -0.1) is 0 Å². The van der Waals surface area contributed by atoms with Crippen LogP contribution in [0, 0.1) is 0 Å². The number of ether oxygens (including phenoxy) is 1. The van der Waals surface area contributed by atoms with Crippen LogP contribution in [-0.2, 0) is 11.3 Å². The lowest BCUT2D eigenvalue weighted by Crippen LogP contribution is -2.35. The first-order valence-corrected chi connectivity index (χ1v) is 11.3. The Bertz CT molecular complexity index is 1160. The fourth-order valence-corrected chi connectivity index (χ4v) is 4.35. The van der Waals surface area contributed by atoms with Gasteiger partial charge in [0.25, 0.3) is 11.8 Å². The number of imidazole rings is 1. The Morgan fingerprint density at radius 2 is 2.12 bits per heavy atom. The number of nitrogens with two attached hydrogens (primary N) is 1. The standard InChI is InChI=1S/C24H30N6O3/c1-3-19-9-5-10-29(19)23(32)17-14-20-21(26-15-17)30(11-6-12-33-2)24(27-20)28-22(31)16-7-4-8-18(25)13-16/h4,7-8,13-15,19H,3,5-6,9-12,25H2,1-2H3,(H,27,28,31)/t19-/m1/s1. The number of methoxy groups -OCH3 is 1. The number of anilines is 2. The highest BCUT2D eigenvalue weighted by Gasteiger charge is 2.28. The number of pyridine rings is 1. The summed E-state index contributed by atoms with van der Waals surface area (Å²) in [7, 11) is 1.65. The molecule has 4 rings (SSSR count). The summed E-state index contributed by atoms with van der Waals surface area (Å²) in [5, 5.41) is 2.87. The first-order chi connectivity index (χ1) is 16.0. The topological polar surface area (TPSA) is 115 Å². The van der Waals surface area contributed by atoms with Crippen LogP contribution in [-0.4, -0.2) is 57.6 Å². The number of carbonyl (C=O) groups is 2. The third kappa shape index (κ3) is 4.83. The molecule has 0 bridgehead atoms. The van der Waals surface area contributed by atoms with E-state index in [1.807, 2.05) is 9.47 Å². The van der Waals surface area contributed by atoms with Gasteiger partial charge in [0.1, 0.15) is 5.52 Å². The van der Waals surface area contributed by atoms with E-state index in [1.54, 1.807) is 43.6 Å². The number of nitrogen functional groups attached to an aromatic ring is 1. The van der Waals surface area contributed by atoms with E-state index < -0.39 is 0 Å². The highest BCUT2D eigenvalue weighted by atomic mass is 16.5. The van der Waals surface area contributed by atoms with Crippen LogP contribution >= 0.6 is 0 Å². The number of fused-ring (bicyclic) bond motifs is 1. The Balaban J connectivity index is 1.65. The van der Waals surface area contributed by atoms with E-state index in [0.717, 1.165) is 32.2 Å². The fraction of sp³-hybridized carbons (Fsp3) is 0.417. The van der Waals surface area contributed by atoms with Crippen molar-refractivity contribution in [3.05, 3.63) is 47.7 Å². The zero-order chi connectivity index (χ0) is 23.4. The Hall–Kier alpha value is -3.46. The summed E-state index contributed by atoms with van der Waals surface area (Å²) < 4.78 is 7.02. The lowest BCUT2D eigenvalue weighted by Gasteiger charge is -2.23. The van der Waals surface area contributed by atoms with E-state index in [2.05, 4.69) is 22.2 Å². The number of benzene rings is 1. The molecular formula is C24H30N6O3. The van der Waals surface area contributed by atoms with Gasteiger partial charge in [-0.05, 0) is 49.9 Å². The van der Waals surface area contributed by atoms with Crippen LogP contribution in [0.5, 0.6) is 0 Å². The normalized spacial score (nSPS) is 15.8. The molecule has 3 aromatic rings. The van der Waals surface area contributed by atoms with Gasteiger partial charge in [-0.3, -0.25) is 19.5 Å². The predicted molar refractivity (Wildman–Crippen MR) is 127 cm³/mol. The molecule has 3 heterocycles. The van der Waals surface area contributed by atoms with Crippen molar-refractivity contribution in [3.63, 3.8) is 0 Å². The van der Waals surface area contributed by atoms with E-state index in [9.17, 15) is 9.59 Å².